The molecule has 2 unspecified atom stereocenters. The summed E-state index contributed by atoms with van der Waals surface area (Å²) in [6, 6.07) is 0. The molecule has 0 radical (unpaired) electrons. The molecule has 0 heterocycles. The van der Waals surface area contributed by atoms with Crippen molar-refractivity contribution in [2.75, 3.05) is 26.4 Å². The summed E-state index contributed by atoms with van der Waals surface area (Å²) in [7, 11) is -4.40. The molecule has 268 valence electrons. The quantitative estimate of drug-likeness (QED) is 0.0347. The Labute approximate surface area is 275 Å². The fraction of sp³-hybridized carbons (Fsp3) is 0.943. The second kappa shape index (κ2) is 32.9. The summed E-state index contributed by atoms with van der Waals surface area (Å²) in [5, 5.41) is 12.6. The Morgan fingerprint density at radius 1 is 0.600 bits per heavy atom. The van der Waals surface area contributed by atoms with Gasteiger partial charge in [-0.2, -0.15) is 0 Å². The summed E-state index contributed by atoms with van der Waals surface area (Å²) in [5.41, 5.74) is 0. The minimum absolute atomic E-state index is 0.0874. The van der Waals surface area contributed by atoms with Crippen LogP contribution in [0.4, 0.5) is 0 Å². The van der Waals surface area contributed by atoms with Gasteiger partial charge in [-0.25, -0.2) is 4.57 Å². The first-order valence-corrected chi connectivity index (χ1v) is 20.0. The van der Waals surface area contributed by atoms with Gasteiger partial charge in [-0.15, -0.1) is 0 Å². The number of phosphoric ester groups is 1. The maximum atomic E-state index is 12.0. The number of rotatable bonds is 35. The van der Waals surface area contributed by atoms with Crippen LogP contribution in [-0.2, 0) is 27.9 Å². The largest absolute Gasteiger partial charge is 0.472 e. The fourth-order valence-corrected chi connectivity index (χ4v) is 5.96. The summed E-state index contributed by atoms with van der Waals surface area (Å²) >= 11 is 0. The van der Waals surface area contributed by atoms with Crippen LogP contribution in [0, 0.1) is 0 Å². The Balaban J connectivity index is 3.61. The van der Waals surface area contributed by atoms with Crippen molar-refractivity contribution in [1.82, 2.24) is 5.32 Å². The van der Waals surface area contributed by atoms with Gasteiger partial charge in [-0.3, -0.25) is 18.6 Å². The molecule has 0 saturated heterocycles. The maximum absolute atomic E-state index is 12.0. The summed E-state index contributed by atoms with van der Waals surface area (Å²) in [6.07, 6.45) is 28.8. The van der Waals surface area contributed by atoms with Crippen molar-refractivity contribution in [3.05, 3.63) is 0 Å². The molecule has 0 spiro atoms. The lowest BCUT2D eigenvalue weighted by Crippen LogP contribution is -2.27. The number of hydrogen-bond acceptors (Lipinski definition) is 7. The third kappa shape index (κ3) is 34.2. The summed E-state index contributed by atoms with van der Waals surface area (Å²) in [5.74, 6) is -0.510. The molecule has 0 aliphatic rings. The van der Waals surface area contributed by atoms with E-state index in [1.54, 1.807) is 0 Å². The van der Waals surface area contributed by atoms with Crippen LogP contribution in [0.5, 0.6) is 0 Å². The van der Waals surface area contributed by atoms with Gasteiger partial charge in [0.2, 0.25) is 5.91 Å². The van der Waals surface area contributed by atoms with Crippen molar-refractivity contribution in [2.45, 2.75) is 187 Å². The van der Waals surface area contributed by atoms with Crippen molar-refractivity contribution < 1.29 is 37.9 Å². The first kappa shape index (κ1) is 44.0. The van der Waals surface area contributed by atoms with Gasteiger partial charge in [0, 0.05) is 19.4 Å². The Morgan fingerprint density at radius 2 is 1.00 bits per heavy atom. The number of carbonyl (C=O) groups is 2. The van der Waals surface area contributed by atoms with E-state index in [1.165, 1.54) is 116 Å². The van der Waals surface area contributed by atoms with Crippen molar-refractivity contribution in [2.24, 2.45) is 0 Å². The highest BCUT2D eigenvalue weighted by atomic mass is 31.2. The molecule has 10 heteroatoms. The Kier molecular flexibility index (Phi) is 32.2. The van der Waals surface area contributed by atoms with E-state index in [1.807, 2.05) is 0 Å². The van der Waals surface area contributed by atoms with Crippen LogP contribution in [0.2, 0.25) is 0 Å². The average molecular weight is 664 g/mol. The molecule has 1 amide bonds. The highest BCUT2D eigenvalue weighted by Crippen LogP contribution is 2.42. The Bertz CT molecular complexity index is 724. The minimum atomic E-state index is -4.40. The predicted octanol–water partition coefficient (Wildman–Crippen LogP) is 9.32. The molecule has 0 aromatic rings. The molecular formula is C35H70NO8P. The predicted molar refractivity (Wildman–Crippen MR) is 183 cm³/mol. The maximum Gasteiger partial charge on any atom is 0.472 e. The minimum Gasteiger partial charge on any atom is -0.463 e. The lowest BCUT2D eigenvalue weighted by molar-refractivity contribution is -0.147. The lowest BCUT2D eigenvalue weighted by atomic mass is 10.0. The van der Waals surface area contributed by atoms with Crippen molar-refractivity contribution >= 4 is 19.7 Å². The number of esters is 1. The molecule has 0 aliphatic heterocycles. The van der Waals surface area contributed by atoms with Gasteiger partial charge >= 0.3 is 13.8 Å². The number of amides is 1. The third-order valence-electron chi connectivity index (χ3n) is 8.04. The molecule has 0 aromatic heterocycles. The van der Waals surface area contributed by atoms with Gasteiger partial charge in [0.1, 0.15) is 12.7 Å². The molecule has 45 heavy (non-hydrogen) atoms. The average Bonchev–Trinajstić information content (AvgIpc) is 3.02. The van der Waals surface area contributed by atoms with E-state index in [0.717, 1.165) is 38.5 Å². The van der Waals surface area contributed by atoms with Crippen molar-refractivity contribution in [3.63, 3.8) is 0 Å². The van der Waals surface area contributed by atoms with Crippen LogP contribution >= 0.6 is 7.82 Å². The molecule has 0 saturated carbocycles. The van der Waals surface area contributed by atoms with Gasteiger partial charge in [0.25, 0.3) is 0 Å². The number of hydrogen-bond donors (Lipinski definition) is 3. The number of carbonyl (C=O) groups excluding carboxylic acids is 2. The van der Waals surface area contributed by atoms with Gasteiger partial charge < -0.3 is 20.1 Å². The zero-order valence-corrected chi connectivity index (χ0v) is 30.0. The number of phosphoric acid groups is 1. The molecule has 0 aromatic carbocycles. The molecule has 0 fully saturated rings. The van der Waals surface area contributed by atoms with E-state index in [-0.39, 0.29) is 32.1 Å². The number of unbranched alkanes of at least 4 members (excludes halogenated alkanes) is 22. The van der Waals surface area contributed by atoms with Crippen LogP contribution in [0.1, 0.15) is 181 Å². The highest BCUT2D eigenvalue weighted by molar-refractivity contribution is 7.47. The van der Waals surface area contributed by atoms with E-state index in [0.29, 0.717) is 6.42 Å². The molecule has 0 aliphatic carbocycles. The van der Waals surface area contributed by atoms with E-state index < -0.39 is 26.5 Å². The second-order valence-electron chi connectivity index (χ2n) is 12.6. The van der Waals surface area contributed by atoms with Gasteiger partial charge in [0.05, 0.1) is 13.2 Å². The molecular weight excluding hydrogens is 593 g/mol. The van der Waals surface area contributed by atoms with Crippen LogP contribution in [-0.4, -0.2) is 54.3 Å². The van der Waals surface area contributed by atoms with Gasteiger partial charge in [-0.1, -0.05) is 155 Å². The molecule has 9 nitrogen and oxygen atoms in total. The molecule has 2 atom stereocenters. The van der Waals surface area contributed by atoms with Crippen LogP contribution in [0.3, 0.4) is 0 Å². The topological polar surface area (TPSA) is 131 Å². The highest BCUT2D eigenvalue weighted by Gasteiger charge is 2.23. The van der Waals surface area contributed by atoms with E-state index >= 15 is 0 Å². The summed E-state index contributed by atoms with van der Waals surface area (Å²) < 4.78 is 26.7. The molecule has 0 bridgehead atoms. The van der Waals surface area contributed by atoms with E-state index in [9.17, 15) is 24.2 Å². The zero-order valence-electron chi connectivity index (χ0n) is 29.1. The Morgan fingerprint density at radius 3 is 1.44 bits per heavy atom. The van der Waals surface area contributed by atoms with Crippen molar-refractivity contribution in [1.29, 1.82) is 0 Å². The first-order chi connectivity index (χ1) is 21.8. The van der Waals surface area contributed by atoms with Crippen LogP contribution < -0.4 is 5.32 Å². The Hall–Kier alpha value is -0.990. The number of nitrogens with one attached hydrogen (secondary N) is 1. The molecule has 0 rings (SSSR count). The number of ether oxygens (including phenoxy) is 1. The van der Waals surface area contributed by atoms with Crippen LogP contribution in [0.25, 0.3) is 0 Å². The first-order valence-electron chi connectivity index (χ1n) is 18.5. The normalized spacial score (nSPS) is 13.4. The van der Waals surface area contributed by atoms with Crippen molar-refractivity contribution in [3.8, 4) is 0 Å². The number of aliphatic hydroxyl groups is 1. The zero-order chi connectivity index (χ0) is 33.3. The smallest absolute Gasteiger partial charge is 0.463 e. The summed E-state index contributed by atoms with van der Waals surface area (Å²) in [4.78, 5) is 33.7. The van der Waals surface area contributed by atoms with Gasteiger partial charge in [0.15, 0.2) is 0 Å². The van der Waals surface area contributed by atoms with E-state index in [4.69, 9.17) is 13.8 Å². The lowest BCUT2D eigenvalue weighted by Gasteiger charge is -2.15. The third-order valence-corrected chi connectivity index (χ3v) is 9.02. The van der Waals surface area contributed by atoms with E-state index in [2.05, 4.69) is 19.2 Å². The fourth-order valence-electron chi connectivity index (χ4n) is 5.20. The second-order valence-corrected chi connectivity index (χ2v) is 14.0. The monoisotopic (exact) mass is 663 g/mol. The number of aliphatic hydroxyl groups excluding tert-OH is 1. The van der Waals surface area contributed by atoms with Crippen LogP contribution in [0.15, 0.2) is 0 Å². The SMILES string of the molecule is CCCCCCCCCCCCCCCC(=O)OCC(O)COP(=O)(O)OCCNC(=O)CCCCCCCCCCCCC. The standard InChI is InChI=1S/C35H70NO8P/c1-3-5-7-9-11-13-15-16-18-20-22-24-26-28-35(39)42-31-33(37)32-44-45(40,41)43-30-29-36-34(38)27-25-23-21-19-17-14-12-10-8-6-4-2/h33,37H,3-32H2,1-2H3,(H,36,38)(H,40,41). The van der Waals surface area contributed by atoms with Gasteiger partial charge in [-0.05, 0) is 12.8 Å². The molecule has 3 N–H and O–H groups in total. The summed E-state index contributed by atoms with van der Waals surface area (Å²) in [6.45, 7) is 3.55.